The van der Waals surface area contributed by atoms with Gasteiger partial charge in [-0.2, -0.15) is 0 Å². The first-order valence-electron chi connectivity index (χ1n) is 5.71. The Kier molecular flexibility index (Phi) is 3.39. The molecule has 0 radical (unpaired) electrons. The third-order valence-electron chi connectivity index (χ3n) is 3.82. The van der Waals surface area contributed by atoms with Gasteiger partial charge in [0.25, 0.3) is 0 Å². The highest BCUT2D eigenvalue weighted by Gasteiger charge is 2.36. The van der Waals surface area contributed by atoms with Crippen molar-refractivity contribution >= 4 is 0 Å². The second kappa shape index (κ2) is 4.00. The van der Waals surface area contributed by atoms with Crippen LogP contribution in [0.4, 0.5) is 0 Å². The van der Waals surface area contributed by atoms with Crippen molar-refractivity contribution in [3.63, 3.8) is 0 Å². The molecule has 2 atom stereocenters. The van der Waals surface area contributed by atoms with E-state index in [0.29, 0.717) is 17.4 Å². The molecular formula is C12H25N. The van der Waals surface area contributed by atoms with Crippen LogP contribution < -0.4 is 5.73 Å². The summed E-state index contributed by atoms with van der Waals surface area (Å²) in [6.07, 6.45) is 5.48. The minimum Gasteiger partial charge on any atom is -0.327 e. The summed E-state index contributed by atoms with van der Waals surface area (Å²) in [5.74, 6) is 1.36. The van der Waals surface area contributed by atoms with E-state index in [1.807, 2.05) is 0 Å². The Labute approximate surface area is 83.1 Å². The summed E-state index contributed by atoms with van der Waals surface area (Å²) in [4.78, 5) is 0. The van der Waals surface area contributed by atoms with Gasteiger partial charge in [0.2, 0.25) is 0 Å². The van der Waals surface area contributed by atoms with Gasteiger partial charge in [-0.15, -0.1) is 0 Å². The molecule has 1 aliphatic rings. The quantitative estimate of drug-likeness (QED) is 0.699. The summed E-state index contributed by atoms with van der Waals surface area (Å²) in [5, 5.41) is 0. The maximum atomic E-state index is 6.27. The summed E-state index contributed by atoms with van der Waals surface area (Å²) < 4.78 is 0. The van der Waals surface area contributed by atoms with Crippen LogP contribution in [0.3, 0.4) is 0 Å². The molecule has 2 unspecified atom stereocenters. The van der Waals surface area contributed by atoms with Gasteiger partial charge >= 0.3 is 0 Å². The van der Waals surface area contributed by atoms with Gasteiger partial charge in [0.05, 0.1) is 0 Å². The highest BCUT2D eigenvalue weighted by Crippen LogP contribution is 2.42. The van der Waals surface area contributed by atoms with Crippen LogP contribution in [-0.2, 0) is 0 Å². The maximum Gasteiger partial charge on any atom is 0.00954 e. The zero-order valence-corrected chi connectivity index (χ0v) is 9.64. The lowest BCUT2D eigenvalue weighted by Crippen LogP contribution is -2.44. The largest absolute Gasteiger partial charge is 0.327 e. The molecule has 0 aliphatic heterocycles. The fourth-order valence-corrected chi connectivity index (χ4v) is 2.70. The average molecular weight is 183 g/mol. The van der Waals surface area contributed by atoms with Gasteiger partial charge in [-0.05, 0) is 30.1 Å². The Morgan fingerprint density at radius 3 is 2.31 bits per heavy atom. The van der Waals surface area contributed by atoms with E-state index in [1.165, 1.54) is 25.7 Å². The Morgan fingerprint density at radius 2 is 1.85 bits per heavy atom. The summed E-state index contributed by atoms with van der Waals surface area (Å²) in [7, 11) is 0. The second-order valence-electron chi connectivity index (χ2n) is 5.66. The monoisotopic (exact) mass is 183 g/mol. The normalized spacial score (nSPS) is 30.5. The van der Waals surface area contributed by atoms with Crippen LogP contribution in [0.2, 0.25) is 0 Å². The molecule has 0 heterocycles. The molecule has 1 aliphatic carbocycles. The number of hydrogen-bond donors (Lipinski definition) is 1. The van der Waals surface area contributed by atoms with Crippen LogP contribution >= 0.6 is 0 Å². The molecule has 0 amide bonds. The minimum absolute atomic E-state index is 0.398. The van der Waals surface area contributed by atoms with Gasteiger partial charge in [0.15, 0.2) is 0 Å². The molecule has 0 aromatic rings. The van der Waals surface area contributed by atoms with E-state index in [2.05, 4.69) is 27.7 Å². The molecule has 78 valence electrons. The first kappa shape index (κ1) is 11.0. The highest BCUT2D eigenvalue weighted by molar-refractivity contribution is 4.89. The highest BCUT2D eigenvalue weighted by atomic mass is 14.7. The third kappa shape index (κ3) is 2.46. The minimum atomic E-state index is 0.398. The Hall–Kier alpha value is -0.0400. The zero-order chi connectivity index (χ0) is 10.1. The average Bonchev–Trinajstić information content (AvgIpc) is 2.02. The Bertz CT molecular complexity index is 161. The predicted octanol–water partition coefficient (Wildman–Crippen LogP) is 3.19. The molecule has 1 saturated carbocycles. The number of nitrogens with two attached hydrogens (primary N) is 1. The van der Waals surface area contributed by atoms with E-state index in [4.69, 9.17) is 5.73 Å². The lowest BCUT2D eigenvalue weighted by molar-refractivity contribution is 0.0962. The number of hydrogen-bond acceptors (Lipinski definition) is 1. The van der Waals surface area contributed by atoms with Gasteiger partial charge in [-0.1, -0.05) is 40.5 Å². The van der Waals surface area contributed by atoms with E-state index in [1.54, 1.807) is 0 Å². The molecular weight excluding hydrogens is 158 g/mol. The van der Waals surface area contributed by atoms with Crippen molar-refractivity contribution < 1.29 is 0 Å². The molecule has 0 aromatic heterocycles. The standard InChI is InChI=1S/C12H25N/c1-9(2)11(13)10-7-5-6-8-12(10,3)4/h9-11H,5-8,13H2,1-4H3. The molecule has 13 heavy (non-hydrogen) atoms. The van der Waals surface area contributed by atoms with E-state index in [-0.39, 0.29) is 0 Å². The zero-order valence-electron chi connectivity index (χ0n) is 9.64. The molecule has 0 bridgehead atoms. The van der Waals surface area contributed by atoms with Gasteiger partial charge in [-0.3, -0.25) is 0 Å². The van der Waals surface area contributed by atoms with Crippen LogP contribution in [0.25, 0.3) is 0 Å². The molecule has 1 fully saturated rings. The van der Waals surface area contributed by atoms with Gasteiger partial charge in [-0.25, -0.2) is 0 Å². The molecule has 0 aromatic carbocycles. The third-order valence-corrected chi connectivity index (χ3v) is 3.82. The van der Waals surface area contributed by atoms with Crippen molar-refractivity contribution in [2.75, 3.05) is 0 Å². The SMILES string of the molecule is CC(C)C(N)C1CCCCC1(C)C. The van der Waals surface area contributed by atoms with Crippen molar-refractivity contribution in [2.45, 2.75) is 59.4 Å². The van der Waals surface area contributed by atoms with Crippen LogP contribution in [0.1, 0.15) is 53.4 Å². The van der Waals surface area contributed by atoms with Crippen molar-refractivity contribution in [3.05, 3.63) is 0 Å². The predicted molar refractivity (Wildman–Crippen MR) is 58.6 cm³/mol. The first-order valence-corrected chi connectivity index (χ1v) is 5.71. The van der Waals surface area contributed by atoms with Gasteiger partial charge in [0.1, 0.15) is 0 Å². The van der Waals surface area contributed by atoms with E-state index in [9.17, 15) is 0 Å². The second-order valence-corrected chi connectivity index (χ2v) is 5.66. The lowest BCUT2D eigenvalue weighted by atomic mass is 9.64. The summed E-state index contributed by atoms with van der Waals surface area (Å²) >= 11 is 0. The smallest absolute Gasteiger partial charge is 0.00954 e. The van der Waals surface area contributed by atoms with Crippen LogP contribution in [0.15, 0.2) is 0 Å². The maximum absolute atomic E-state index is 6.27. The van der Waals surface area contributed by atoms with Crippen LogP contribution in [0, 0.1) is 17.3 Å². The fraction of sp³-hybridized carbons (Fsp3) is 1.00. The van der Waals surface area contributed by atoms with E-state index < -0.39 is 0 Å². The molecule has 2 N–H and O–H groups in total. The first-order chi connectivity index (χ1) is 5.95. The molecule has 0 saturated heterocycles. The van der Waals surface area contributed by atoms with Crippen molar-refractivity contribution in [2.24, 2.45) is 23.0 Å². The van der Waals surface area contributed by atoms with Crippen LogP contribution in [0.5, 0.6) is 0 Å². The van der Waals surface area contributed by atoms with Crippen molar-refractivity contribution in [3.8, 4) is 0 Å². The van der Waals surface area contributed by atoms with Gasteiger partial charge < -0.3 is 5.73 Å². The molecule has 1 nitrogen and oxygen atoms in total. The summed E-state index contributed by atoms with van der Waals surface area (Å²) in [6, 6.07) is 0.398. The van der Waals surface area contributed by atoms with E-state index >= 15 is 0 Å². The number of rotatable bonds is 2. The van der Waals surface area contributed by atoms with Gasteiger partial charge in [0, 0.05) is 6.04 Å². The molecule has 1 heteroatoms. The van der Waals surface area contributed by atoms with E-state index in [0.717, 1.165) is 5.92 Å². The lowest BCUT2D eigenvalue weighted by Gasteiger charge is -2.43. The summed E-state index contributed by atoms with van der Waals surface area (Å²) in [5.41, 5.74) is 6.74. The van der Waals surface area contributed by atoms with Crippen molar-refractivity contribution in [1.29, 1.82) is 0 Å². The van der Waals surface area contributed by atoms with Crippen LogP contribution in [-0.4, -0.2) is 6.04 Å². The van der Waals surface area contributed by atoms with Crippen molar-refractivity contribution in [1.82, 2.24) is 0 Å². The molecule has 0 spiro atoms. The summed E-state index contributed by atoms with van der Waals surface area (Å²) in [6.45, 7) is 9.27. The molecule has 1 rings (SSSR count). The Morgan fingerprint density at radius 1 is 1.23 bits per heavy atom. The fourth-order valence-electron chi connectivity index (χ4n) is 2.70. The Balaban J connectivity index is 2.65. The topological polar surface area (TPSA) is 26.0 Å².